The molecule has 2 N–H and O–H groups in total. The summed E-state index contributed by atoms with van der Waals surface area (Å²) in [6, 6.07) is 2.60. The Kier molecular flexibility index (Phi) is 3.60. The first kappa shape index (κ1) is 13.9. The number of carbonyl (C=O) groups is 2. The Bertz CT molecular complexity index is 634. The van der Waals surface area contributed by atoms with Crippen molar-refractivity contribution < 1.29 is 28.7 Å². The molecule has 2 rings (SSSR count). The average molecular weight is 279 g/mol. The largest absolute Gasteiger partial charge is 0.481 e. The minimum atomic E-state index is -1.24. The van der Waals surface area contributed by atoms with Crippen molar-refractivity contribution in [2.24, 2.45) is 0 Å². The zero-order chi connectivity index (χ0) is 14.9. The zero-order valence-electron chi connectivity index (χ0n) is 10.9. The molecule has 0 saturated heterocycles. The summed E-state index contributed by atoms with van der Waals surface area (Å²) in [7, 11) is 0. The maximum atomic E-state index is 11.4. The number of aliphatic carboxylic acids is 1. The fourth-order valence-electron chi connectivity index (χ4n) is 1.96. The number of aromatic nitrogens is 1. The van der Waals surface area contributed by atoms with Crippen LogP contribution in [0.5, 0.6) is 0 Å². The SMILES string of the molecule is Cc1noc(C)c1CC(C(=O)O)c1ccc(C(=O)O)o1. The fraction of sp³-hybridized carbons (Fsp3) is 0.308. The maximum Gasteiger partial charge on any atom is 0.371 e. The highest BCUT2D eigenvalue weighted by Crippen LogP contribution is 2.26. The number of carboxylic acids is 2. The third kappa shape index (κ3) is 2.56. The van der Waals surface area contributed by atoms with Crippen molar-refractivity contribution in [3.8, 4) is 0 Å². The molecule has 2 heterocycles. The number of carboxylic acid groups (broad SMARTS) is 2. The van der Waals surface area contributed by atoms with Crippen LogP contribution in [0, 0.1) is 13.8 Å². The Balaban J connectivity index is 2.32. The van der Waals surface area contributed by atoms with E-state index in [9.17, 15) is 14.7 Å². The molecule has 0 aliphatic carbocycles. The van der Waals surface area contributed by atoms with E-state index in [1.165, 1.54) is 12.1 Å². The Hall–Kier alpha value is -2.57. The van der Waals surface area contributed by atoms with Crippen LogP contribution in [0.2, 0.25) is 0 Å². The molecule has 7 heteroatoms. The smallest absolute Gasteiger partial charge is 0.371 e. The molecule has 0 amide bonds. The van der Waals surface area contributed by atoms with Gasteiger partial charge in [-0.3, -0.25) is 4.79 Å². The summed E-state index contributed by atoms with van der Waals surface area (Å²) in [6.45, 7) is 3.41. The Morgan fingerprint density at radius 1 is 1.30 bits per heavy atom. The average Bonchev–Trinajstić information content (AvgIpc) is 2.95. The highest BCUT2D eigenvalue weighted by atomic mass is 16.5. The third-order valence-corrected chi connectivity index (χ3v) is 3.07. The summed E-state index contributed by atoms with van der Waals surface area (Å²) < 4.78 is 10.1. The highest BCUT2D eigenvalue weighted by Gasteiger charge is 2.27. The zero-order valence-corrected chi connectivity index (χ0v) is 10.9. The third-order valence-electron chi connectivity index (χ3n) is 3.07. The van der Waals surface area contributed by atoms with Crippen LogP contribution in [0.1, 0.15) is 39.3 Å². The maximum absolute atomic E-state index is 11.4. The first-order valence-electron chi connectivity index (χ1n) is 5.87. The normalized spacial score (nSPS) is 12.3. The molecule has 0 fully saturated rings. The van der Waals surface area contributed by atoms with Gasteiger partial charge in [0.2, 0.25) is 5.76 Å². The van der Waals surface area contributed by atoms with E-state index in [1.807, 2.05) is 0 Å². The van der Waals surface area contributed by atoms with Gasteiger partial charge in [-0.15, -0.1) is 0 Å². The van der Waals surface area contributed by atoms with Crippen LogP contribution >= 0.6 is 0 Å². The number of aryl methyl sites for hydroxylation is 2. The molecular weight excluding hydrogens is 266 g/mol. The van der Waals surface area contributed by atoms with Crippen molar-refractivity contribution in [2.75, 3.05) is 0 Å². The van der Waals surface area contributed by atoms with Crippen molar-refractivity contribution in [1.29, 1.82) is 0 Å². The summed E-state index contributed by atoms with van der Waals surface area (Å²) in [5, 5.41) is 21.9. The van der Waals surface area contributed by atoms with E-state index in [1.54, 1.807) is 13.8 Å². The minimum absolute atomic E-state index is 0.0925. The molecule has 0 radical (unpaired) electrons. The number of aromatic carboxylic acids is 1. The van der Waals surface area contributed by atoms with Gasteiger partial charge in [0, 0.05) is 5.56 Å². The van der Waals surface area contributed by atoms with Gasteiger partial charge in [-0.05, 0) is 32.4 Å². The number of furan rings is 1. The highest BCUT2D eigenvalue weighted by molar-refractivity contribution is 5.84. The van der Waals surface area contributed by atoms with E-state index in [0.717, 1.165) is 0 Å². The number of nitrogens with zero attached hydrogens (tertiary/aromatic N) is 1. The van der Waals surface area contributed by atoms with Gasteiger partial charge < -0.3 is 19.2 Å². The summed E-state index contributed by atoms with van der Waals surface area (Å²) >= 11 is 0. The monoisotopic (exact) mass is 279 g/mol. The lowest BCUT2D eigenvalue weighted by Gasteiger charge is -2.09. The van der Waals surface area contributed by atoms with Crippen LogP contribution in [0.3, 0.4) is 0 Å². The number of hydrogen-bond acceptors (Lipinski definition) is 5. The molecule has 0 saturated carbocycles. The molecular formula is C13H13NO6. The van der Waals surface area contributed by atoms with Gasteiger partial charge in [0.25, 0.3) is 0 Å². The van der Waals surface area contributed by atoms with E-state index in [0.29, 0.717) is 17.0 Å². The molecule has 0 aliphatic rings. The standard InChI is InChI=1S/C13H13NO6/c1-6-8(7(2)20-14-6)5-9(12(15)16)10-3-4-11(19-10)13(17)18/h3-4,9H,5H2,1-2H3,(H,15,16)(H,17,18). The topological polar surface area (TPSA) is 114 Å². The number of rotatable bonds is 5. The van der Waals surface area contributed by atoms with Gasteiger partial charge in [-0.2, -0.15) is 0 Å². The van der Waals surface area contributed by atoms with Crippen molar-refractivity contribution >= 4 is 11.9 Å². The van der Waals surface area contributed by atoms with Crippen LogP contribution < -0.4 is 0 Å². The van der Waals surface area contributed by atoms with Gasteiger partial charge in [-0.1, -0.05) is 5.16 Å². The number of hydrogen-bond donors (Lipinski definition) is 2. The molecule has 0 aromatic carbocycles. The van der Waals surface area contributed by atoms with Crippen LogP contribution in [0.15, 0.2) is 21.1 Å². The molecule has 20 heavy (non-hydrogen) atoms. The van der Waals surface area contributed by atoms with Gasteiger partial charge in [0.15, 0.2) is 0 Å². The van der Waals surface area contributed by atoms with Crippen molar-refractivity contribution in [3.05, 3.63) is 40.7 Å². The first-order valence-corrected chi connectivity index (χ1v) is 5.87. The van der Waals surface area contributed by atoms with E-state index in [2.05, 4.69) is 5.16 Å². The van der Waals surface area contributed by atoms with Crippen LogP contribution in [0.4, 0.5) is 0 Å². The van der Waals surface area contributed by atoms with E-state index < -0.39 is 17.9 Å². The lowest BCUT2D eigenvalue weighted by atomic mass is 9.96. The second-order valence-electron chi connectivity index (χ2n) is 4.40. The molecule has 7 nitrogen and oxygen atoms in total. The summed E-state index contributed by atoms with van der Waals surface area (Å²) in [4.78, 5) is 22.1. The van der Waals surface area contributed by atoms with Gasteiger partial charge in [0.05, 0.1) is 5.69 Å². The molecule has 0 spiro atoms. The Morgan fingerprint density at radius 2 is 2.00 bits per heavy atom. The van der Waals surface area contributed by atoms with Crippen LogP contribution in [0.25, 0.3) is 0 Å². The molecule has 0 bridgehead atoms. The first-order chi connectivity index (χ1) is 9.40. The second kappa shape index (κ2) is 5.20. The lowest BCUT2D eigenvalue weighted by Crippen LogP contribution is -2.14. The molecule has 2 aromatic rings. The summed E-state index contributed by atoms with van der Waals surface area (Å²) in [6.07, 6.45) is 0.128. The van der Waals surface area contributed by atoms with E-state index in [-0.39, 0.29) is 17.9 Å². The Labute approximate surface area is 113 Å². The predicted molar refractivity (Wildman–Crippen MR) is 65.7 cm³/mol. The molecule has 1 atom stereocenters. The van der Waals surface area contributed by atoms with E-state index >= 15 is 0 Å². The quantitative estimate of drug-likeness (QED) is 0.860. The van der Waals surface area contributed by atoms with Gasteiger partial charge in [0.1, 0.15) is 17.4 Å². The van der Waals surface area contributed by atoms with Crippen LogP contribution in [-0.4, -0.2) is 27.3 Å². The Morgan fingerprint density at radius 3 is 2.45 bits per heavy atom. The molecule has 1 unspecified atom stereocenters. The van der Waals surface area contributed by atoms with Crippen molar-refractivity contribution in [1.82, 2.24) is 5.16 Å². The van der Waals surface area contributed by atoms with E-state index in [4.69, 9.17) is 14.0 Å². The summed E-state index contributed by atoms with van der Waals surface area (Å²) in [5.74, 6) is -2.98. The molecule has 106 valence electrons. The second-order valence-corrected chi connectivity index (χ2v) is 4.40. The fourth-order valence-corrected chi connectivity index (χ4v) is 1.96. The van der Waals surface area contributed by atoms with Crippen LogP contribution in [-0.2, 0) is 11.2 Å². The molecule has 2 aromatic heterocycles. The lowest BCUT2D eigenvalue weighted by molar-refractivity contribution is -0.139. The van der Waals surface area contributed by atoms with Gasteiger partial charge in [-0.25, -0.2) is 4.79 Å². The van der Waals surface area contributed by atoms with Gasteiger partial charge >= 0.3 is 11.9 Å². The molecule has 0 aliphatic heterocycles. The minimum Gasteiger partial charge on any atom is -0.481 e. The summed E-state index contributed by atoms with van der Waals surface area (Å²) in [5.41, 5.74) is 1.30. The van der Waals surface area contributed by atoms with Crippen molar-refractivity contribution in [3.63, 3.8) is 0 Å². The van der Waals surface area contributed by atoms with Crippen molar-refractivity contribution in [2.45, 2.75) is 26.2 Å². The predicted octanol–water partition coefficient (Wildman–Crippen LogP) is 1.99.